The average molecular weight is 518 g/mol. The molecule has 0 radical (unpaired) electrons. The zero-order valence-corrected chi connectivity index (χ0v) is 21.2. The summed E-state index contributed by atoms with van der Waals surface area (Å²) in [4.78, 5) is 0. The van der Waals surface area contributed by atoms with E-state index < -0.39 is 36.3 Å². The van der Waals surface area contributed by atoms with Crippen LogP contribution in [0.4, 0.5) is 0 Å². The van der Waals surface area contributed by atoms with Gasteiger partial charge in [-0.25, -0.2) is 0 Å². The molecular formula is C40H26. The van der Waals surface area contributed by atoms with Crippen LogP contribution in [0.1, 0.15) is 15.1 Å². The SMILES string of the molecule is [2H]c1c([2H])c(-c2ccc3ccccc3c2)c([2H])c(-c2c3ccccc3c(-c3c([2H])c([2H])c([2H])c4c([2H])c([2H])c([2H])c([2H])c34)c3ccccc23)c1[2H]. The van der Waals surface area contributed by atoms with Crippen molar-refractivity contribution in [2.75, 3.05) is 0 Å². The Morgan fingerprint density at radius 1 is 0.375 bits per heavy atom. The van der Waals surface area contributed by atoms with Crippen molar-refractivity contribution in [2.24, 2.45) is 0 Å². The fraction of sp³-hybridized carbons (Fsp3) is 0. The fourth-order valence-corrected chi connectivity index (χ4v) is 5.63. The highest BCUT2D eigenvalue weighted by Gasteiger charge is 2.18. The third-order valence-corrected chi connectivity index (χ3v) is 7.41. The van der Waals surface area contributed by atoms with Crippen molar-refractivity contribution in [3.8, 4) is 33.4 Å². The van der Waals surface area contributed by atoms with Gasteiger partial charge in [0.1, 0.15) is 0 Å². The molecule has 0 aliphatic rings. The maximum absolute atomic E-state index is 9.58. The third-order valence-electron chi connectivity index (χ3n) is 7.41. The van der Waals surface area contributed by atoms with E-state index in [4.69, 9.17) is 12.3 Å². The van der Waals surface area contributed by atoms with Crippen LogP contribution in [-0.4, -0.2) is 0 Å². The molecule has 0 saturated carbocycles. The Morgan fingerprint density at radius 3 is 1.75 bits per heavy atom. The van der Waals surface area contributed by atoms with Crippen LogP contribution in [0, 0.1) is 0 Å². The highest BCUT2D eigenvalue weighted by atomic mass is 14.2. The van der Waals surface area contributed by atoms with Gasteiger partial charge in [-0.1, -0.05) is 145 Å². The second-order valence-corrected chi connectivity index (χ2v) is 9.65. The van der Waals surface area contributed by atoms with Gasteiger partial charge in [-0.15, -0.1) is 0 Å². The Kier molecular flexibility index (Phi) is 3.29. The lowest BCUT2D eigenvalue weighted by atomic mass is 9.84. The fourth-order valence-electron chi connectivity index (χ4n) is 5.63. The Morgan fingerprint density at radius 2 is 0.975 bits per heavy atom. The van der Waals surface area contributed by atoms with Crippen molar-refractivity contribution in [2.45, 2.75) is 0 Å². The highest BCUT2D eigenvalue weighted by molar-refractivity contribution is 6.23. The summed E-state index contributed by atoms with van der Waals surface area (Å²) in [6.07, 6.45) is 0. The van der Waals surface area contributed by atoms with E-state index >= 15 is 0 Å². The van der Waals surface area contributed by atoms with Crippen LogP contribution in [0.2, 0.25) is 0 Å². The topological polar surface area (TPSA) is 0 Å². The number of hydrogen-bond acceptors (Lipinski definition) is 0. The summed E-state index contributed by atoms with van der Waals surface area (Å²) in [7, 11) is 0. The molecule has 0 heterocycles. The summed E-state index contributed by atoms with van der Waals surface area (Å²) in [5, 5.41) is 3.84. The van der Waals surface area contributed by atoms with E-state index in [0.717, 1.165) is 10.8 Å². The Hall–Kier alpha value is -5.20. The van der Waals surface area contributed by atoms with Gasteiger partial charge in [0.2, 0.25) is 0 Å². The summed E-state index contributed by atoms with van der Waals surface area (Å²) in [5.41, 5.74) is 1.90. The number of fused-ring (bicyclic) bond motifs is 4. The van der Waals surface area contributed by atoms with Gasteiger partial charge in [0.15, 0.2) is 0 Å². The van der Waals surface area contributed by atoms with E-state index in [1.807, 2.05) is 42.5 Å². The molecule has 0 unspecified atom stereocenters. The molecule has 0 nitrogen and oxygen atoms in total. The minimum atomic E-state index is -0.536. The van der Waals surface area contributed by atoms with Crippen LogP contribution in [-0.2, 0) is 0 Å². The molecule has 8 aromatic carbocycles. The highest BCUT2D eigenvalue weighted by Crippen LogP contribution is 2.45. The summed E-state index contributed by atoms with van der Waals surface area (Å²) < 4.78 is 97.5. The van der Waals surface area contributed by atoms with Crippen LogP contribution in [0.25, 0.3) is 76.5 Å². The summed E-state index contributed by atoms with van der Waals surface area (Å²) in [6.45, 7) is 0. The van der Waals surface area contributed by atoms with Crippen LogP contribution >= 0.6 is 0 Å². The van der Waals surface area contributed by atoms with E-state index in [-0.39, 0.29) is 57.7 Å². The molecule has 0 saturated heterocycles. The van der Waals surface area contributed by atoms with Gasteiger partial charge in [-0.05, 0) is 88.6 Å². The monoisotopic (exact) mass is 517 g/mol. The lowest BCUT2D eigenvalue weighted by Crippen LogP contribution is -1.92. The average Bonchev–Trinajstić information content (AvgIpc) is 3.14. The lowest BCUT2D eigenvalue weighted by molar-refractivity contribution is 1.63. The molecule has 0 heteroatoms. The molecule has 0 atom stereocenters. The maximum atomic E-state index is 9.58. The van der Waals surface area contributed by atoms with Crippen LogP contribution < -0.4 is 0 Å². The second kappa shape index (κ2) is 9.22. The smallest absolute Gasteiger partial charge is 0.0616 e. The summed E-state index contributed by atoms with van der Waals surface area (Å²) >= 11 is 0. The molecule has 40 heavy (non-hydrogen) atoms. The number of hydrogen-bond donors (Lipinski definition) is 0. The van der Waals surface area contributed by atoms with E-state index in [0.29, 0.717) is 38.2 Å². The number of rotatable bonds is 3. The lowest BCUT2D eigenvalue weighted by Gasteiger charge is -2.19. The van der Waals surface area contributed by atoms with Crippen molar-refractivity contribution in [3.63, 3.8) is 0 Å². The largest absolute Gasteiger partial charge is 0.0636 e. The molecule has 0 amide bonds. The van der Waals surface area contributed by atoms with Gasteiger partial charge in [-0.2, -0.15) is 0 Å². The van der Waals surface area contributed by atoms with E-state index in [1.165, 1.54) is 0 Å². The Labute approximate surface area is 249 Å². The summed E-state index contributed by atoms with van der Waals surface area (Å²) in [5.74, 6) is 0. The molecule has 0 N–H and O–H groups in total. The first kappa shape index (κ1) is 14.3. The minimum Gasteiger partial charge on any atom is -0.0616 e. The molecular weight excluding hydrogens is 480 g/mol. The predicted molar refractivity (Wildman–Crippen MR) is 173 cm³/mol. The molecule has 8 rings (SSSR count). The van der Waals surface area contributed by atoms with Crippen LogP contribution in [0.15, 0.2) is 157 Å². The van der Waals surface area contributed by atoms with Crippen molar-refractivity contribution in [3.05, 3.63) is 157 Å². The van der Waals surface area contributed by atoms with E-state index in [9.17, 15) is 2.74 Å². The minimum absolute atomic E-state index is 0.0389. The van der Waals surface area contributed by atoms with Gasteiger partial charge < -0.3 is 0 Å². The van der Waals surface area contributed by atoms with Crippen molar-refractivity contribution >= 4 is 43.1 Å². The third kappa shape index (κ3) is 3.61. The van der Waals surface area contributed by atoms with Crippen molar-refractivity contribution < 1.29 is 15.1 Å². The molecule has 0 spiro atoms. The molecule has 0 aliphatic carbocycles. The predicted octanol–water partition coefficient (Wildman–Crippen LogP) is 11.3. The van der Waals surface area contributed by atoms with Crippen molar-refractivity contribution in [1.29, 1.82) is 0 Å². The maximum Gasteiger partial charge on any atom is 0.0636 e. The Bertz CT molecular complexity index is 2760. The van der Waals surface area contributed by atoms with Crippen molar-refractivity contribution in [1.82, 2.24) is 0 Å². The zero-order valence-electron chi connectivity index (χ0n) is 32.2. The normalized spacial score (nSPS) is 15.3. The number of benzene rings is 8. The first-order valence-corrected chi connectivity index (χ1v) is 13.0. The van der Waals surface area contributed by atoms with Gasteiger partial charge in [0.05, 0.1) is 15.1 Å². The molecule has 0 aromatic heterocycles. The molecule has 0 aliphatic heterocycles. The first-order chi connectivity index (χ1) is 24.4. The molecule has 0 fully saturated rings. The van der Waals surface area contributed by atoms with Crippen LogP contribution in [0.3, 0.4) is 0 Å². The molecule has 8 aromatic rings. The Balaban J connectivity index is 1.56. The standard InChI is InChI=1S/C40H26/c1-2-13-29-25-31(24-23-27(29)11-1)30-15-9-16-32(26-30)39-35-18-5-7-20-37(35)40(38-21-8-6-19-36(38)39)34-22-10-14-28-12-3-4-17-33(28)34/h1-26H/i3D,4D,9D,10D,12D,14D,15D,16D,17D,22D,26D. The van der Waals surface area contributed by atoms with Gasteiger partial charge >= 0.3 is 0 Å². The van der Waals surface area contributed by atoms with Gasteiger partial charge in [0.25, 0.3) is 0 Å². The van der Waals surface area contributed by atoms with Gasteiger partial charge in [0, 0.05) is 0 Å². The second-order valence-electron chi connectivity index (χ2n) is 9.65. The van der Waals surface area contributed by atoms with E-state index in [2.05, 4.69) is 0 Å². The quantitative estimate of drug-likeness (QED) is 0.204. The zero-order chi connectivity index (χ0) is 36.0. The molecule has 186 valence electrons. The van der Waals surface area contributed by atoms with E-state index in [1.54, 1.807) is 48.5 Å². The first-order valence-electron chi connectivity index (χ1n) is 18.5. The molecule has 0 bridgehead atoms. The summed E-state index contributed by atoms with van der Waals surface area (Å²) in [6, 6.07) is 23.4. The van der Waals surface area contributed by atoms with Crippen LogP contribution in [0.5, 0.6) is 0 Å². The van der Waals surface area contributed by atoms with Gasteiger partial charge in [-0.3, -0.25) is 0 Å².